The molecule has 0 saturated carbocycles. The molecule has 0 aromatic heterocycles. The number of nitrogens with two attached hydrogens (primary N) is 1. The van der Waals surface area contributed by atoms with E-state index in [0.29, 0.717) is 47.8 Å². The summed E-state index contributed by atoms with van der Waals surface area (Å²) in [7, 11) is 3.81. The number of likely N-dealkylation sites (N-methyl/N-ethyl adjacent to an activating group) is 1. The first-order valence-corrected chi connectivity index (χ1v) is 15.8. The Morgan fingerprint density at radius 1 is 0.894 bits per heavy atom. The van der Waals surface area contributed by atoms with Crippen molar-refractivity contribution in [2.24, 2.45) is 5.73 Å². The number of benzene rings is 3. The molecule has 11 heteroatoms. The number of nitrogens with zero attached hydrogens (tertiary/aromatic N) is 3. The van der Waals surface area contributed by atoms with Gasteiger partial charge in [0.25, 0.3) is 11.8 Å². The van der Waals surface area contributed by atoms with Crippen LogP contribution in [0.3, 0.4) is 0 Å². The Morgan fingerprint density at radius 3 is 2.28 bits per heavy atom. The summed E-state index contributed by atoms with van der Waals surface area (Å²) in [6, 6.07) is 22.0. The fraction of sp³-hybridized carbons (Fsp3) is 0.389. The molecular weight excluding hydrogens is 637 g/mol. The van der Waals surface area contributed by atoms with Crippen molar-refractivity contribution in [3.05, 3.63) is 95.2 Å². The Hall–Kier alpha value is -3.85. The van der Waals surface area contributed by atoms with Crippen LogP contribution in [-0.2, 0) is 11.2 Å². The summed E-state index contributed by atoms with van der Waals surface area (Å²) in [6.07, 6.45) is 4.90. The van der Waals surface area contributed by atoms with Crippen molar-refractivity contribution in [2.75, 3.05) is 63.6 Å². The molecular formula is C36H47Cl2N5O4. The van der Waals surface area contributed by atoms with E-state index >= 15 is 0 Å². The molecule has 0 bridgehead atoms. The highest BCUT2D eigenvalue weighted by atomic mass is 35.5. The second-order valence-corrected chi connectivity index (χ2v) is 11.4. The largest absolute Gasteiger partial charge is 0.491 e. The number of rotatable bonds is 15. The highest BCUT2D eigenvalue weighted by molar-refractivity contribution is 6.08. The quantitative estimate of drug-likeness (QED) is 0.153. The molecule has 1 fully saturated rings. The molecule has 0 spiro atoms. The second kappa shape index (κ2) is 20.4. The van der Waals surface area contributed by atoms with Crippen molar-refractivity contribution in [1.29, 1.82) is 0 Å². The molecule has 1 aliphatic rings. The Morgan fingerprint density at radius 2 is 1.57 bits per heavy atom. The summed E-state index contributed by atoms with van der Waals surface area (Å²) in [6.45, 7) is 4.71. The van der Waals surface area contributed by atoms with E-state index in [1.54, 1.807) is 36.2 Å². The van der Waals surface area contributed by atoms with E-state index in [0.717, 1.165) is 69.5 Å². The third-order valence-corrected chi connectivity index (χ3v) is 8.15. The molecule has 0 radical (unpaired) electrons. The maximum Gasteiger partial charge on any atom is 0.258 e. The monoisotopic (exact) mass is 683 g/mol. The first kappa shape index (κ1) is 39.3. The number of amides is 2. The summed E-state index contributed by atoms with van der Waals surface area (Å²) >= 11 is 0. The molecule has 0 unspecified atom stereocenters. The van der Waals surface area contributed by atoms with Crippen LogP contribution in [0.4, 0.5) is 11.4 Å². The number of anilines is 2. The highest BCUT2D eigenvalue weighted by Crippen LogP contribution is 2.29. The minimum Gasteiger partial charge on any atom is -0.491 e. The molecule has 254 valence electrons. The predicted molar refractivity (Wildman–Crippen MR) is 194 cm³/mol. The predicted octanol–water partition coefficient (Wildman–Crippen LogP) is 5.85. The first-order chi connectivity index (χ1) is 21.9. The lowest BCUT2D eigenvalue weighted by atomic mass is 10.0. The van der Waals surface area contributed by atoms with Gasteiger partial charge in [-0.15, -0.1) is 24.8 Å². The van der Waals surface area contributed by atoms with Gasteiger partial charge in [0.1, 0.15) is 11.7 Å². The number of ether oxygens (including phenoxy) is 1. The number of nitrogens with one attached hydrogen (secondary N) is 1. The molecule has 47 heavy (non-hydrogen) atoms. The summed E-state index contributed by atoms with van der Waals surface area (Å²) in [5.41, 5.74) is 9.76. The van der Waals surface area contributed by atoms with Crippen molar-refractivity contribution in [1.82, 2.24) is 9.80 Å². The van der Waals surface area contributed by atoms with E-state index in [2.05, 4.69) is 28.1 Å². The zero-order chi connectivity index (χ0) is 32.0. The standard InChI is InChI=1S/C36H45N5O4.2ClH/c1-39-22-24-41(25-23-39)31(27-42)13-8-10-26-45-34-16-6-5-15-33(34)40(2)36(44)29-17-19-30(20-18-29)38-35(43)32-14-4-3-11-28(32)12-7-9-21-37;;/h3-6,11,14-20H,7-10,12-13,21-26,37H2,1-2H3,(H,38,43);2*1H. The number of hydrogen-bond donors (Lipinski definition) is 2. The molecule has 3 aromatic carbocycles. The van der Waals surface area contributed by atoms with Crippen LogP contribution in [-0.4, -0.2) is 81.0 Å². The van der Waals surface area contributed by atoms with Gasteiger partial charge in [0.2, 0.25) is 0 Å². The molecule has 4 rings (SSSR count). The first-order valence-electron chi connectivity index (χ1n) is 15.8. The number of unbranched alkanes of at least 4 members (excludes halogenated alkanes) is 2. The van der Waals surface area contributed by atoms with E-state index in [1.165, 1.54) is 0 Å². The Balaban J connectivity index is 0.00000384. The van der Waals surface area contributed by atoms with Gasteiger partial charge >= 0.3 is 0 Å². The summed E-state index contributed by atoms with van der Waals surface area (Å²) in [4.78, 5) is 43.9. The van der Waals surface area contributed by atoms with Gasteiger partial charge in [-0.3, -0.25) is 9.59 Å². The number of carbonyl (C=O) groups excluding carboxylic acids is 3. The molecule has 3 aromatic rings. The number of carbonyl (C=O) groups is 2. The van der Waals surface area contributed by atoms with Gasteiger partial charge in [0.15, 0.2) is 0 Å². The maximum absolute atomic E-state index is 13.4. The smallest absolute Gasteiger partial charge is 0.258 e. The topological polar surface area (TPSA) is 108 Å². The minimum absolute atomic E-state index is 0. The van der Waals surface area contributed by atoms with E-state index in [4.69, 9.17) is 10.5 Å². The van der Waals surface area contributed by atoms with Gasteiger partial charge in [0, 0.05) is 50.0 Å². The molecule has 1 saturated heterocycles. The lowest BCUT2D eigenvalue weighted by molar-refractivity contribution is 0.0990. The molecule has 0 atom stereocenters. The van der Waals surface area contributed by atoms with E-state index in [9.17, 15) is 14.4 Å². The van der Waals surface area contributed by atoms with Gasteiger partial charge in [-0.25, -0.2) is 4.79 Å². The van der Waals surface area contributed by atoms with Gasteiger partial charge < -0.3 is 30.5 Å². The van der Waals surface area contributed by atoms with Crippen LogP contribution in [0.1, 0.15) is 58.4 Å². The number of allylic oxidation sites excluding steroid dienone is 1. The van der Waals surface area contributed by atoms with E-state index in [1.807, 2.05) is 48.5 Å². The Bertz CT molecular complexity index is 1470. The van der Waals surface area contributed by atoms with Gasteiger partial charge in [-0.05, 0) is 100 Å². The van der Waals surface area contributed by atoms with Crippen LogP contribution in [0.2, 0.25) is 0 Å². The maximum atomic E-state index is 13.4. The van der Waals surface area contributed by atoms with Crippen molar-refractivity contribution in [3.8, 4) is 5.75 Å². The van der Waals surface area contributed by atoms with E-state index < -0.39 is 0 Å². The van der Waals surface area contributed by atoms with Gasteiger partial charge in [0.05, 0.1) is 18.0 Å². The fourth-order valence-electron chi connectivity index (χ4n) is 5.40. The van der Waals surface area contributed by atoms with Crippen LogP contribution >= 0.6 is 24.8 Å². The average Bonchev–Trinajstić information content (AvgIpc) is 3.07. The minimum atomic E-state index is -0.192. The van der Waals surface area contributed by atoms with Gasteiger partial charge in [-0.1, -0.05) is 30.3 Å². The number of aryl methyl sites for hydroxylation is 1. The molecule has 3 N–H and O–H groups in total. The van der Waals surface area contributed by atoms with Gasteiger partial charge in [-0.2, -0.15) is 0 Å². The van der Waals surface area contributed by atoms with Crippen molar-refractivity contribution >= 4 is 53.9 Å². The summed E-state index contributed by atoms with van der Waals surface area (Å²) < 4.78 is 6.09. The lowest BCUT2D eigenvalue weighted by Crippen LogP contribution is -2.44. The SMILES string of the molecule is CN1CCN(C(=C=O)CCCCOc2ccccc2N(C)C(=O)c2ccc(NC(=O)c3ccccc3CCCCN)cc2)CC1.Cl.Cl. The fourth-order valence-corrected chi connectivity index (χ4v) is 5.40. The van der Waals surface area contributed by atoms with Crippen LogP contribution in [0.15, 0.2) is 78.5 Å². The second-order valence-electron chi connectivity index (χ2n) is 11.4. The Kier molecular flexibility index (Phi) is 17.1. The third kappa shape index (κ3) is 11.4. The van der Waals surface area contributed by atoms with Crippen LogP contribution in [0.25, 0.3) is 0 Å². The van der Waals surface area contributed by atoms with Crippen molar-refractivity contribution in [2.45, 2.75) is 38.5 Å². The van der Waals surface area contributed by atoms with Crippen LogP contribution < -0.4 is 20.7 Å². The number of halogens is 2. The number of piperazine rings is 1. The molecule has 0 aliphatic carbocycles. The molecule has 1 heterocycles. The summed E-state index contributed by atoms with van der Waals surface area (Å²) in [5, 5.41) is 2.95. The summed E-state index contributed by atoms with van der Waals surface area (Å²) in [5.74, 6) is 2.39. The van der Waals surface area contributed by atoms with Crippen molar-refractivity contribution in [3.63, 3.8) is 0 Å². The van der Waals surface area contributed by atoms with E-state index in [-0.39, 0.29) is 36.6 Å². The number of hydrogen-bond acceptors (Lipinski definition) is 7. The molecule has 1 aliphatic heterocycles. The van der Waals surface area contributed by atoms with Crippen LogP contribution in [0, 0.1) is 0 Å². The average molecular weight is 685 g/mol. The molecule has 2 amide bonds. The van der Waals surface area contributed by atoms with Crippen LogP contribution in [0.5, 0.6) is 5.75 Å². The zero-order valence-electron chi connectivity index (χ0n) is 27.3. The third-order valence-electron chi connectivity index (χ3n) is 8.15. The molecule has 9 nitrogen and oxygen atoms in total. The Labute approximate surface area is 290 Å². The highest BCUT2D eigenvalue weighted by Gasteiger charge is 2.19. The number of para-hydroxylation sites is 2. The normalized spacial score (nSPS) is 12.6. The zero-order valence-corrected chi connectivity index (χ0v) is 28.9. The van der Waals surface area contributed by atoms with Crippen molar-refractivity contribution < 1.29 is 19.1 Å². The lowest BCUT2D eigenvalue weighted by Gasteiger charge is -2.34.